The molecular weight excluding hydrogens is 346 g/mol. The molecule has 0 aliphatic carbocycles. The zero-order valence-corrected chi connectivity index (χ0v) is 16.5. The number of nitrogens with two attached hydrogens (primary N) is 1. The second-order valence-electron chi connectivity index (χ2n) is 7.50. The molecule has 150 valence electrons. The molecular formula is C20H31N3O4. The molecule has 1 heterocycles. The Morgan fingerprint density at radius 2 is 1.85 bits per heavy atom. The van der Waals surface area contributed by atoms with Gasteiger partial charge in [-0.2, -0.15) is 0 Å². The van der Waals surface area contributed by atoms with Crippen molar-refractivity contribution in [2.45, 2.75) is 45.6 Å². The number of rotatable bonds is 8. The van der Waals surface area contributed by atoms with Gasteiger partial charge in [-0.3, -0.25) is 9.59 Å². The number of carbonyl (C=O) groups excluding carboxylic acids is 2. The van der Waals surface area contributed by atoms with Gasteiger partial charge in [-0.15, -0.1) is 0 Å². The Morgan fingerprint density at radius 1 is 1.15 bits per heavy atom. The van der Waals surface area contributed by atoms with Crippen molar-refractivity contribution in [2.75, 3.05) is 32.8 Å². The van der Waals surface area contributed by atoms with E-state index in [-0.39, 0.29) is 18.4 Å². The lowest BCUT2D eigenvalue weighted by molar-refractivity contribution is -0.134. The Kier molecular flexibility index (Phi) is 7.47. The van der Waals surface area contributed by atoms with Crippen molar-refractivity contribution in [3.63, 3.8) is 0 Å². The van der Waals surface area contributed by atoms with Gasteiger partial charge in [0, 0.05) is 30.7 Å². The monoisotopic (exact) mass is 377 g/mol. The van der Waals surface area contributed by atoms with Gasteiger partial charge in [0.05, 0.1) is 6.61 Å². The molecule has 0 saturated carbocycles. The quantitative estimate of drug-likeness (QED) is 0.722. The summed E-state index contributed by atoms with van der Waals surface area (Å²) in [5.41, 5.74) is 5.86. The molecule has 1 fully saturated rings. The summed E-state index contributed by atoms with van der Waals surface area (Å²) >= 11 is 0. The van der Waals surface area contributed by atoms with Crippen LogP contribution in [0.2, 0.25) is 0 Å². The average molecular weight is 377 g/mol. The number of likely N-dealkylation sites (tertiary alicyclic amines) is 1. The topological polar surface area (TPSA) is 93.9 Å². The predicted octanol–water partition coefficient (Wildman–Crippen LogP) is 1.94. The van der Waals surface area contributed by atoms with Crippen molar-refractivity contribution >= 4 is 11.8 Å². The number of amides is 2. The summed E-state index contributed by atoms with van der Waals surface area (Å²) in [6.07, 6.45) is 3.25. The van der Waals surface area contributed by atoms with E-state index < -0.39 is 5.54 Å². The summed E-state index contributed by atoms with van der Waals surface area (Å²) in [5.74, 6) is 0.649. The molecule has 0 radical (unpaired) electrons. The largest absolute Gasteiger partial charge is 0.490 e. The van der Waals surface area contributed by atoms with E-state index in [1.165, 1.54) is 6.42 Å². The Labute approximate surface area is 161 Å². The highest BCUT2D eigenvalue weighted by molar-refractivity contribution is 5.95. The van der Waals surface area contributed by atoms with E-state index in [0.717, 1.165) is 25.9 Å². The van der Waals surface area contributed by atoms with Gasteiger partial charge in [0.25, 0.3) is 11.8 Å². The number of carbonyl (C=O) groups is 2. The van der Waals surface area contributed by atoms with Crippen LogP contribution in [0, 0.1) is 0 Å². The minimum absolute atomic E-state index is 0.0239. The molecule has 27 heavy (non-hydrogen) atoms. The number of nitrogens with one attached hydrogen (secondary N) is 1. The molecule has 0 spiro atoms. The molecule has 3 N–H and O–H groups in total. The molecule has 2 amide bonds. The lowest BCUT2D eigenvalue weighted by Crippen LogP contribution is -2.45. The van der Waals surface area contributed by atoms with Crippen molar-refractivity contribution in [3.8, 4) is 11.5 Å². The number of ether oxygens (including phenoxy) is 2. The van der Waals surface area contributed by atoms with Crippen LogP contribution in [0.4, 0.5) is 0 Å². The summed E-state index contributed by atoms with van der Waals surface area (Å²) < 4.78 is 11.3. The van der Waals surface area contributed by atoms with Gasteiger partial charge in [-0.25, -0.2) is 0 Å². The van der Waals surface area contributed by atoms with Crippen LogP contribution in [-0.4, -0.2) is 55.1 Å². The van der Waals surface area contributed by atoms with Crippen LogP contribution in [0.3, 0.4) is 0 Å². The van der Waals surface area contributed by atoms with Crippen molar-refractivity contribution in [1.82, 2.24) is 10.2 Å². The van der Waals surface area contributed by atoms with Crippen LogP contribution in [0.25, 0.3) is 0 Å². The minimum Gasteiger partial charge on any atom is -0.490 e. The third kappa shape index (κ3) is 6.75. The molecule has 1 aromatic carbocycles. The van der Waals surface area contributed by atoms with Gasteiger partial charge < -0.3 is 25.4 Å². The number of benzene rings is 1. The van der Waals surface area contributed by atoms with Crippen LogP contribution in [-0.2, 0) is 4.79 Å². The zero-order chi connectivity index (χ0) is 19.9. The molecule has 7 nitrogen and oxygen atoms in total. The van der Waals surface area contributed by atoms with E-state index in [9.17, 15) is 9.59 Å². The highest BCUT2D eigenvalue weighted by Gasteiger charge is 2.19. The van der Waals surface area contributed by atoms with E-state index >= 15 is 0 Å². The van der Waals surface area contributed by atoms with E-state index in [1.54, 1.807) is 18.2 Å². The minimum atomic E-state index is -0.490. The van der Waals surface area contributed by atoms with Crippen LogP contribution in [0.15, 0.2) is 18.2 Å². The van der Waals surface area contributed by atoms with Gasteiger partial charge in [-0.1, -0.05) is 0 Å². The van der Waals surface area contributed by atoms with Gasteiger partial charge >= 0.3 is 0 Å². The molecule has 0 bridgehead atoms. The average Bonchev–Trinajstić information content (AvgIpc) is 2.65. The fourth-order valence-corrected chi connectivity index (χ4v) is 2.82. The van der Waals surface area contributed by atoms with Gasteiger partial charge in [0.15, 0.2) is 18.1 Å². The van der Waals surface area contributed by atoms with Crippen molar-refractivity contribution in [1.29, 1.82) is 0 Å². The summed E-state index contributed by atoms with van der Waals surface area (Å²) in [7, 11) is 0. The summed E-state index contributed by atoms with van der Waals surface area (Å²) in [4.78, 5) is 26.4. The maximum Gasteiger partial charge on any atom is 0.260 e. The van der Waals surface area contributed by atoms with Gasteiger partial charge in [0.2, 0.25) is 0 Å². The van der Waals surface area contributed by atoms with E-state index in [4.69, 9.17) is 15.2 Å². The lowest BCUT2D eigenvalue weighted by atomic mass is 10.1. The molecule has 1 aliphatic rings. The molecule has 2 rings (SSSR count). The molecule has 1 saturated heterocycles. The summed E-state index contributed by atoms with van der Waals surface area (Å²) in [6, 6.07) is 4.95. The molecule has 1 aliphatic heterocycles. The van der Waals surface area contributed by atoms with E-state index in [1.807, 2.05) is 25.7 Å². The first-order valence-corrected chi connectivity index (χ1v) is 9.54. The van der Waals surface area contributed by atoms with Crippen LogP contribution in [0.1, 0.15) is 50.4 Å². The zero-order valence-electron chi connectivity index (χ0n) is 16.5. The van der Waals surface area contributed by atoms with Crippen molar-refractivity contribution in [3.05, 3.63) is 23.8 Å². The Hall–Kier alpha value is -2.28. The first-order chi connectivity index (χ1) is 12.8. The molecule has 0 unspecified atom stereocenters. The number of nitrogens with zero attached hydrogens (tertiary/aromatic N) is 1. The van der Waals surface area contributed by atoms with Gasteiger partial charge in [0.1, 0.15) is 0 Å². The first kappa shape index (κ1) is 21.0. The third-order valence-corrected chi connectivity index (χ3v) is 4.27. The molecule has 0 aromatic heterocycles. The lowest BCUT2D eigenvalue weighted by Gasteiger charge is -2.26. The number of piperidine rings is 1. The van der Waals surface area contributed by atoms with E-state index in [2.05, 4.69) is 5.32 Å². The molecule has 7 heteroatoms. The summed E-state index contributed by atoms with van der Waals surface area (Å²) in [5, 5.41) is 2.80. The highest BCUT2D eigenvalue weighted by atomic mass is 16.5. The SMILES string of the molecule is CCOc1cc(C(=O)NCC(C)(C)N)ccc1OCC(=O)N1CCCCC1. The second-order valence-corrected chi connectivity index (χ2v) is 7.50. The fraction of sp³-hybridized carbons (Fsp3) is 0.600. The summed E-state index contributed by atoms with van der Waals surface area (Å²) in [6.45, 7) is 7.87. The maximum atomic E-state index is 12.3. The van der Waals surface area contributed by atoms with Crippen molar-refractivity contribution in [2.24, 2.45) is 5.73 Å². The van der Waals surface area contributed by atoms with Crippen LogP contribution in [0.5, 0.6) is 11.5 Å². The normalized spacial score (nSPS) is 14.6. The third-order valence-electron chi connectivity index (χ3n) is 4.27. The highest BCUT2D eigenvalue weighted by Crippen LogP contribution is 2.28. The van der Waals surface area contributed by atoms with Crippen LogP contribution < -0.4 is 20.5 Å². The van der Waals surface area contributed by atoms with Crippen molar-refractivity contribution < 1.29 is 19.1 Å². The molecule has 0 atom stereocenters. The first-order valence-electron chi connectivity index (χ1n) is 9.54. The number of hydrogen-bond acceptors (Lipinski definition) is 5. The predicted molar refractivity (Wildman–Crippen MR) is 104 cm³/mol. The maximum absolute atomic E-state index is 12.3. The number of hydrogen-bond donors (Lipinski definition) is 2. The molecule has 1 aromatic rings. The second kappa shape index (κ2) is 9.60. The van der Waals surface area contributed by atoms with Crippen LogP contribution >= 0.6 is 0 Å². The van der Waals surface area contributed by atoms with E-state index in [0.29, 0.717) is 30.2 Å². The Bertz CT molecular complexity index is 649. The smallest absolute Gasteiger partial charge is 0.260 e. The fourth-order valence-electron chi connectivity index (χ4n) is 2.82. The Morgan fingerprint density at radius 3 is 2.48 bits per heavy atom. The Balaban J connectivity index is 2.01. The van der Waals surface area contributed by atoms with Gasteiger partial charge in [-0.05, 0) is 58.2 Å². The standard InChI is InChI=1S/C20H31N3O4/c1-4-26-17-12-15(19(25)22-14-20(2,3)21)8-9-16(17)27-13-18(24)23-10-6-5-7-11-23/h8-9,12H,4-7,10-11,13-14,21H2,1-3H3,(H,22,25).